The van der Waals surface area contributed by atoms with Crippen LogP contribution >= 0.6 is 0 Å². The van der Waals surface area contributed by atoms with Crippen molar-refractivity contribution in [2.24, 2.45) is 0 Å². The summed E-state index contributed by atoms with van der Waals surface area (Å²) in [7, 11) is -3.14. The Bertz CT molecular complexity index is 6630. The van der Waals surface area contributed by atoms with Crippen molar-refractivity contribution in [2.45, 2.75) is 93.5 Å². The first-order valence-electron chi connectivity index (χ1n) is 39.1. The van der Waals surface area contributed by atoms with E-state index in [9.17, 15) is 60.3 Å². The number of hydrogen-bond donors (Lipinski definition) is 3. The van der Waals surface area contributed by atoms with E-state index in [4.69, 9.17) is 52.5 Å². The van der Waals surface area contributed by atoms with E-state index in [0.717, 1.165) is 60.4 Å². The summed E-state index contributed by atoms with van der Waals surface area (Å²) in [5.74, 6) is -3.45. The molecule has 36 nitrogen and oxygen atoms in total. The molecule has 8 heterocycles. The minimum atomic E-state index is -6.27. The van der Waals surface area contributed by atoms with Crippen LogP contribution in [0.4, 0.5) is 24.5 Å². The molecule has 0 saturated carbocycles. The molecular weight excluding hydrogens is 1690 g/mol. The van der Waals surface area contributed by atoms with Gasteiger partial charge in [-0.05, 0) is 106 Å². The number of aromatic hydroxyl groups is 1. The van der Waals surface area contributed by atoms with E-state index >= 15 is 0 Å². The molecule has 0 spiro atoms. The van der Waals surface area contributed by atoms with Gasteiger partial charge in [0.25, 0.3) is 5.56 Å². The molecule has 666 valence electrons. The molecule has 0 aliphatic heterocycles. The van der Waals surface area contributed by atoms with Gasteiger partial charge in [0.2, 0.25) is 0 Å². The zero-order chi connectivity index (χ0) is 91.6. The molecule has 14 rings (SSSR count). The SMILES string of the molecule is CCOC(=O)c1c(NCc2ccc(OCOC)cc2)c2c(C)ncnc2n(OCc2ccccc2)c1=O.CCOC(=O)c1c(O)c2c(C)ncnc2n(OCc2ccccc2)c1=O.CCOC(=O)c1c(OS(=O)(=O)C(F)(F)F)c2c(C)ncnc2n(OCc2ccccc2)c1=O.COCOc1ccc(CNc2cc(=O)n(OCc3ccccc3)c3ncnc(C)c23)cc1. The molecule has 0 saturated heterocycles. The summed E-state index contributed by atoms with van der Waals surface area (Å²) < 4.78 is 106. The molecule has 128 heavy (non-hydrogen) atoms. The fourth-order valence-electron chi connectivity index (χ4n) is 12.3. The Morgan fingerprint density at radius 1 is 0.414 bits per heavy atom. The van der Waals surface area contributed by atoms with Gasteiger partial charge in [-0.15, -0.1) is 18.9 Å². The zero-order valence-electron chi connectivity index (χ0n) is 70.3. The normalized spacial score (nSPS) is 11.1. The molecule has 14 aromatic rings. The van der Waals surface area contributed by atoms with Crippen LogP contribution in [0, 0.1) is 27.7 Å². The second kappa shape index (κ2) is 43.7. The number of nitrogens with one attached hydrogen (secondary N) is 2. The van der Waals surface area contributed by atoms with E-state index in [1.807, 2.05) is 146 Å². The minimum absolute atomic E-state index is 0.0604. The van der Waals surface area contributed by atoms with Gasteiger partial charge in [0, 0.05) is 33.4 Å². The fraction of sp³-hybridized carbons (Fsp3) is 0.239. The van der Waals surface area contributed by atoms with Gasteiger partial charge in [-0.2, -0.15) is 21.6 Å². The summed E-state index contributed by atoms with van der Waals surface area (Å²) >= 11 is 0. The van der Waals surface area contributed by atoms with Crippen LogP contribution in [0.3, 0.4) is 0 Å². The Labute approximate surface area is 726 Å². The molecule has 6 aromatic carbocycles. The average Bonchev–Trinajstić information content (AvgIpc) is 0.741. The van der Waals surface area contributed by atoms with Gasteiger partial charge < -0.3 is 72.4 Å². The summed E-state index contributed by atoms with van der Waals surface area (Å²) in [5, 5.41) is 18.0. The van der Waals surface area contributed by atoms with Crippen LogP contribution in [0.5, 0.6) is 23.0 Å². The second-order valence-corrected chi connectivity index (χ2v) is 28.6. The van der Waals surface area contributed by atoms with Crippen molar-refractivity contribution in [1.82, 2.24) is 58.8 Å². The maximum atomic E-state index is 13.6. The lowest BCUT2D eigenvalue weighted by molar-refractivity contribution is -0.0500. The van der Waals surface area contributed by atoms with Gasteiger partial charge in [0.15, 0.2) is 58.6 Å². The predicted octanol–water partition coefficient (Wildman–Crippen LogP) is 10.6. The average molecular weight is 1780 g/mol. The van der Waals surface area contributed by atoms with Crippen molar-refractivity contribution in [3.8, 4) is 23.0 Å². The highest BCUT2D eigenvalue weighted by Crippen LogP contribution is 2.36. The summed E-state index contributed by atoms with van der Waals surface area (Å²) in [5.41, 5.74) is -2.75. The minimum Gasteiger partial charge on any atom is -0.506 e. The molecule has 0 amide bonds. The number of rotatable bonds is 32. The van der Waals surface area contributed by atoms with Crippen molar-refractivity contribution in [1.29, 1.82) is 0 Å². The number of aromatic nitrogens is 12. The second-order valence-electron chi connectivity index (χ2n) is 27.1. The Kier molecular flexibility index (Phi) is 31.9. The third-order valence-electron chi connectivity index (χ3n) is 18.4. The lowest BCUT2D eigenvalue weighted by atomic mass is 10.1. The first-order chi connectivity index (χ1) is 61.7. The molecule has 0 bridgehead atoms. The number of carbonyl (C=O) groups excluding carboxylic acids is 3. The number of esters is 3. The molecule has 0 aliphatic carbocycles. The number of anilines is 2. The largest absolute Gasteiger partial charge is 0.534 e. The molecule has 3 N–H and O–H groups in total. The first-order valence-corrected chi connectivity index (χ1v) is 40.5. The van der Waals surface area contributed by atoms with E-state index in [1.54, 1.807) is 72.2 Å². The molecule has 0 atom stereocenters. The Morgan fingerprint density at radius 2 is 0.750 bits per heavy atom. The smallest absolute Gasteiger partial charge is 0.506 e. The molecular formula is C88H85F3N14O22S. The Morgan fingerprint density at radius 3 is 1.16 bits per heavy atom. The molecule has 8 aromatic heterocycles. The number of halogens is 3. The fourth-order valence-corrected chi connectivity index (χ4v) is 12.8. The topological polar surface area (TPSA) is 432 Å². The lowest BCUT2D eigenvalue weighted by Gasteiger charge is -2.19. The van der Waals surface area contributed by atoms with Crippen molar-refractivity contribution in [3.63, 3.8) is 0 Å². The van der Waals surface area contributed by atoms with E-state index < -0.39 is 83.9 Å². The van der Waals surface area contributed by atoms with Crippen molar-refractivity contribution in [2.75, 3.05) is 58.3 Å². The summed E-state index contributed by atoms with van der Waals surface area (Å²) in [4.78, 5) is 146. The van der Waals surface area contributed by atoms with E-state index in [2.05, 4.69) is 54.7 Å². The Hall–Kier alpha value is -15.5. The number of nitrogens with zero attached hydrogens (tertiary/aromatic N) is 12. The number of fused-ring (bicyclic) bond motifs is 4. The third-order valence-corrected chi connectivity index (χ3v) is 19.4. The van der Waals surface area contributed by atoms with Gasteiger partial charge >= 0.3 is 50.2 Å². The molecule has 0 aliphatic rings. The van der Waals surface area contributed by atoms with Crippen LogP contribution < -0.4 is 65.9 Å². The number of ether oxygens (including phenoxy) is 7. The van der Waals surface area contributed by atoms with Gasteiger partial charge in [-0.3, -0.25) is 19.2 Å². The van der Waals surface area contributed by atoms with Gasteiger partial charge in [-0.1, -0.05) is 146 Å². The number of methoxy groups -OCH3 is 2. The van der Waals surface area contributed by atoms with Crippen LogP contribution in [0.25, 0.3) is 44.1 Å². The van der Waals surface area contributed by atoms with Crippen LogP contribution in [0.15, 0.2) is 220 Å². The molecule has 40 heteroatoms. The monoisotopic (exact) mass is 1780 g/mol. The van der Waals surface area contributed by atoms with Crippen LogP contribution in [0.2, 0.25) is 0 Å². The third kappa shape index (κ3) is 22.7. The highest BCUT2D eigenvalue weighted by Gasteiger charge is 2.50. The van der Waals surface area contributed by atoms with Crippen LogP contribution in [-0.4, -0.2) is 143 Å². The van der Waals surface area contributed by atoms with Gasteiger partial charge in [0.05, 0.1) is 75.5 Å². The van der Waals surface area contributed by atoms with Gasteiger partial charge in [0.1, 0.15) is 69.0 Å². The molecule has 0 fully saturated rings. The number of aryl methyl sites for hydroxylation is 4. The first kappa shape index (κ1) is 93.3. The van der Waals surface area contributed by atoms with E-state index in [-0.39, 0.29) is 99.0 Å². The number of alkyl halides is 3. The van der Waals surface area contributed by atoms with Crippen molar-refractivity contribution in [3.05, 3.63) is 315 Å². The molecule has 0 unspecified atom stereocenters. The summed E-state index contributed by atoms with van der Waals surface area (Å²) in [6, 6.07) is 53.3. The van der Waals surface area contributed by atoms with Crippen LogP contribution in [-0.2, 0) is 73.3 Å². The number of pyridine rings is 4. The van der Waals surface area contributed by atoms with E-state index in [1.165, 1.54) is 43.6 Å². The lowest BCUT2D eigenvalue weighted by Crippen LogP contribution is -2.35. The predicted molar refractivity (Wildman–Crippen MR) is 459 cm³/mol. The number of hydrogen-bond acceptors (Lipinski definition) is 32. The highest BCUT2D eigenvalue weighted by atomic mass is 32.2. The molecule has 0 radical (unpaired) electrons. The number of carbonyl (C=O) groups is 3. The van der Waals surface area contributed by atoms with Gasteiger partial charge in [-0.25, -0.2) is 54.3 Å². The van der Waals surface area contributed by atoms with Crippen LogP contribution in [0.1, 0.15) is 108 Å². The standard InChI is InChI=1S/C27H28N4O6.C24H24N4O4.C19H16F3N3O7S.C18H17N3O5/c1-4-35-27(33)23-24(28-14-19-10-12-21(13-11-19)36-17-34-3)22-18(2)29-16-30-25(22)31(26(23)32)37-15-20-8-6-5-7-9-20;1-17-23-21(25-13-18-8-10-20(11-9-18)31-16-30-2)12-22(29)28(24(23)27-15-26-17)32-14-19-6-4-3-5-7-19;1-3-30-18(27)14-15(32-33(28,29)19(20,21)22)13-11(2)23-10-24-16(13)25(17(14)26)31-9-12-7-5-4-6-8-12;1-3-25-18(24)14-15(22)13-11(2)19-10-20-16(13)21(17(14)23)26-9-12-7-5-4-6-8-12/h5-13,16,28H,4,14-15,17H2,1-3H3;3-12,15,25H,13-14,16H2,1-2H3;4-8,10H,3,9H2,1-2H3;4-8,10,22H,3,9H2,1-2H3. The van der Waals surface area contributed by atoms with E-state index in [0.29, 0.717) is 57.2 Å². The summed E-state index contributed by atoms with van der Waals surface area (Å²) in [6.07, 6.45) is 5.02. The summed E-state index contributed by atoms with van der Waals surface area (Å²) in [6.45, 7) is 12.6. The number of benzene rings is 6. The quantitative estimate of drug-likeness (QED) is 0.0116. The highest BCUT2D eigenvalue weighted by molar-refractivity contribution is 7.88. The maximum Gasteiger partial charge on any atom is 0.534 e. The van der Waals surface area contributed by atoms with Crippen molar-refractivity contribution >= 4 is 83.5 Å². The maximum absolute atomic E-state index is 13.6. The Balaban J connectivity index is 0.000000166. The van der Waals surface area contributed by atoms with Crippen molar-refractivity contribution < 1.29 is 97.8 Å². The zero-order valence-corrected chi connectivity index (χ0v) is 71.1.